The van der Waals surface area contributed by atoms with Crippen LogP contribution in [0.5, 0.6) is 0 Å². The molecule has 19 heavy (non-hydrogen) atoms. The maximum atomic E-state index is 4.49. The number of benzene rings is 1. The average molecular weight is 313 g/mol. The molecule has 0 N–H and O–H groups in total. The Morgan fingerprint density at radius 1 is 0.895 bits per heavy atom. The van der Waals surface area contributed by atoms with Gasteiger partial charge in [0.15, 0.2) is 0 Å². The normalized spacial score (nSPS) is 10.4. The van der Waals surface area contributed by atoms with Gasteiger partial charge in [-0.05, 0) is 24.3 Å². The topological polar surface area (TPSA) is 51.6 Å². The summed E-state index contributed by atoms with van der Waals surface area (Å²) < 4.78 is 1.03. The predicted octanol–water partition coefficient (Wildman–Crippen LogP) is 3.36. The summed E-state index contributed by atoms with van der Waals surface area (Å²) in [6.07, 6.45) is 3.36. The molecule has 3 aromatic rings. The molecule has 92 valence electrons. The lowest BCUT2D eigenvalue weighted by Crippen LogP contribution is -1.96. The molecule has 3 rings (SSSR count). The monoisotopic (exact) mass is 312 g/mol. The molecule has 0 fully saturated rings. The van der Waals surface area contributed by atoms with Crippen LogP contribution in [0.1, 0.15) is 0 Å². The number of hydrogen-bond acceptors (Lipinski definition) is 4. The number of pyridine rings is 1. The van der Waals surface area contributed by atoms with Crippen molar-refractivity contribution < 1.29 is 0 Å². The number of hydrogen-bond donors (Lipinski definition) is 0. The van der Waals surface area contributed by atoms with Crippen LogP contribution in [0.25, 0.3) is 22.8 Å². The first-order chi connectivity index (χ1) is 9.33. The highest BCUT2D eigenvalue weighted by Crippen LogP contribution is 2.20. The molecule has 0 radical (unpaired) electrons. The molecule has 5 heteroatoms. The smallest absolute Gasteiger partial charge is 0.200 e. The summed E-state index contributed by atoms with van der Waals surface area (Å²) in [5.74, 6) is 0.529. The lowest BCUT2D eigenvalue weighted by molar-refractivity contribution is 0.975. The predicted molar refractivity (Wildman–Crippen MR) is 76.2 cm³/mol. The number of nitrogens with zero attached hydrogens (tertiary/aromatic N) is 4. The van der Waals surface area contributed by atoms with E-state index < -0.39 is 0 Å². The first kappa shape index (κ1) is 11.9. The molecule has 0 aliphatic carbocycles. The largest absolute Gasteiger partial charge is 0.253 e. The molecule has 0 atom stereocenters. The Morgan fingerprint density at radius 2 is 1.74 bits per heavy atom. The molecule has 1 aromatic carbocycles. The van der Waals surface area contributed by atoms with Crippen molar-refractivity contribution in [1.29, 1.82) is 0 Å². The molecule has 0 saturated carbocycles. The minimum atomic E-state index is 0.529. The van der Waals surface area contributed by atoms with E-state index in [-0.39, 0.29) is 0 Å². The number of halogens is 1. The van der Waals surface area contributed by atoms with E-state index in [9.17, 15) is 0 Å². The highest BCUT2D eigenvalue weighted by Gasteiger charge is 2.06. The maximum absolute atomic E-state index is 4.49. The van der Waals surface area contributed by atoms with E-state index in [1.165, 1.54) is 0 Å². The Labute approximate surface area is 118 Å². The summed E-state index contributed by atoms with van der Waals surface area (Å²) in [6, 6.07) is 13.5. The van der Waals surface area contributed by atoms with Crippen LogP contribution in [0.15, 0.2) is 59.3 Å². The molecule has 0 saturated heterocycles. The van der Waals surface area contributed by atoms with Crippen LogP contribution >= 0.6 is 15.9 Å². The van der Waals surface area contributed by atoms with Crippen LogP contribution in [-0.2, 0) is 0 Å². The second-order valence-corrected chi connectivity index (χ2v) is 4.80. The van der Waals surface area contributed by atoms with Crippen molar-refractivity contribution in [3.8, 4) is 22.8 Å². The van der Waals surface area contributed by atoms with Gasteiger partial charge in [-0.15, -0.1) is 5.10 Å². The van der Waals surface area contributed by atoms with Gasteiger partial charge >= 0.3 is 0 Å². The van der Waals surface area contributed by atoms with E-state index in [2.05, 4.69) is 36.1 Å². The molecular weight excluding hydrogens is 304 g/mol. The Bertz CT molecular complexity index is 683. The fraction of sp³-hybridized carbons (Fsp3) is 0. The van der Waals surface area contributed by atoms with Crippen molar-refractivity contribution in [2.75, 3.05) is 0 Å². The van der Waals surface area contributed by atoms with Gasteiger partial charge in [-0.25, -0.2) is 4.98 Å². The summed E-state index contributed by atoms with van der Waals surface area (Å²) in [5, 5.41) is 8.02. The van der Waals surface area contributed by atoms with Crippen LogP contribution in [-0.4, -0.2) is 20.2 Å². The molecule has 2 aromatic heterocycles. The molecule has 0 spiro atoms. The van der Waals surface area contributed by atoms with E-state index in [0.29, 0.717) is 11.5 Å². The van der Waals surface area contributed by atoms with Gasteiger partial charge in [0.2, 0.25) is 5.82 Å². The summed E-state index contributed by atoms with van der Waals surface area (Å²) in [4.78, 5) is 8.72. The Hall–Kier alpha value is -2.14. The van der Waals surface area contributed by atoms with Crippen LogP contribution in [0, 0.1) is 0 Å². The van der Waals surface area contributed by atoms with E-state index in [4.69, 9.17) is 0 Å². The summed E-state index contributed by atoms with van der Waals surface area (Å²) in [7, 11) is 0. The van der Waals surface area contributed by atoms with Crippen molar-refractivity contribution in [1.82, 2.24) is 20.2 Å². The standard InChI is InChI=1S/C14H9BrN4/c15-11-6-4-10(5-7-11)13-9-17-19-14(18-13)12-3-1-2-8-16-12/h1-9H. The Balaban J connectivity index is 2.03. The molecular formula is C14H9BrN4. The van der Waals surface area contributed by atoms with Crippen LogP contribution in [0.3, 0.4) is 0 Å². The third-order valence-corrected chi connectivity index (χ3v) is 3.12. The van der Waals surface area contributed by atoms with Gasteiger partial charge in [0.1, 0.15) is 5.69 Å². The minimum absolute atomic E-state index is 0.529. The molecule has 0 aliphatic rings. The zero-order valence-electron chi connectivity index (χ0n) is 9.86. The van der Waals surface area contributed by atoms with Crippen molar-refractivity contribution in [2.24, 2.45) is 0 Å². The summed E-state index contributed by atoms with van der Waals surface area (Å²) in [5.41, 5.74) is 2.49. The Morgan fingerprint density at radius 3 is 2.47 bits per heavy atom. The van der Waals surface area contributed by atoms with Crippen molar-refractivity contribution in [2.45, 2.75) is 0 Å². The zero-order valence-corrected chi connectivity index (χ0v) is 11.4. The van der Waals surface area contributed by atoms with Crippen molar-refractivity contribution in [3.05, 3.63) is 59.3 Å². The molecule has 0 unspecified atom stereocenters. The first-order valence-corrected chi connectivity index (χ1v) is 6.49. The molecule has 0 amide bonds. The third kappa shape index (κ3) is 2.66. The fourth-order valence-electron chi connectivity index (χ4n) is 1.67. The zero-order chi connectivity index (χ0) is 13.1. The minimum Gasteiger partial charge on any atom is -0.253 e. The maximum Gasteiger partial charge on any atom is 0.200 e. The number of rotatable bonds is 2. The first-order valence-electron chi connectivity index (χ1n) is 5.70. The van der Waals surface area contributed by atoms with Gasteiger partial charge in [0.25, 0.3) is 0 Å². The lowest BCUT2D eigenvalue weighted by atomic mass is 10.2. The quantitative estimate of drug-likeness (QED) is 0.728. The van der Waals surface area contributed by atoms with E-state index in [1.807, 2.05) is 42.5 Å². The van der Waals surface area contributed by atoms with Gasteiger partial charge < -0.3 is 0 Å². The second kappa shape index (κ2) is 5.24. The molecule has 0 bridgehead atoms. The van der Waals surface area contributed by atoms with Crippen molar-refractivity contribution >= 4 is 15.9 Å². The van der Waals surface area contributed by atoms with Gasteiger partial charge in [-0.2, -0.15) is 5.10 Å². The summed E-state index contributed by atoms with van der Waals surface area (Å²) in [6.45, 7) is 0. The van der Waals surface area contributed by atoms with E-state index in [1.54, 1.807) is 12.4 Å². The van der Waals surface area contributed by atoms with Gasteiger partial charge in [0, 0.05) is 16.2 Å². The lowest BCUT2D eigenvalue weighted by Gasteiger charge is -2.02. The Kier molecular flexibility index (Phi) is 3.29. The summed E-state index contributed by atoms with van der Waals surface area (Å²) >= 11 is 3.41. The van der Waals surface area contributed by atoms with E-state index in [0.717, 1.165) is 15.7 Å². The fourth-order valence-corrected chi connectivity index (χ4v) is 1.93. The highest BCUT2D eigenvalue weighted by molar-refractivity contribution is 9.10. The highest BCUT2D eigenvalue weighted by atomic mass is 79.9. The van der Waals surface area contributed by atoms with E-state index >= 15 is 0 Å². The van der Waals surface area contributed by atoms with Gasteiger partial charge in [-0.3, -0.25) is 4.98 Å². The SMILES string of the molecule is Brc1ccc(-c2cnnc(-c3ccccn3)n2)cc1. The van der Waals surface area contributed by atoms with Gasteiger partial charge in [-0.1, -0.05) is 34.1 Å². The van der Waals surface area contributed by atoms with Crippen LogP contribution in [0.2, 0.25) is 0 Å². The van der Waals surface area contributed by atoms with Crippen molar-refractivity contribution in [3.63, 3.8) is 0 Å². The molecule has 2 heterocycles. The van der Waals surface area contributed by atoms with Gasteiger partial charge in [0.05, 0.1) is 11.9 Å². The second-order valence-electron chi connectivity index (χ2n) is 3.89. The molecule has 0 aliphatic heterocycles. The molecule has 4 nitrogen and oxygen atoms in total. The average Bonchev–Trinajstić information content (AvgIpc) is 2.49. The van der Waals surface area contributed by atoms with Crippen LogP contribution in [0.4, 0.5) is 0 Å². The van der Waals surface area contributed by atoms with Crippen LogP contribution < -0.4 is 0 Å². The third-order valence-electron chi connectivity index (χ3n) is 2.59. The number of aromatic nitrogens is 4.